The van der Waals surface area contributed by atoms with Crippen molar-refractivity contribution < 1.29 is 0 Å². The molecule has 1 heteroatoms. The molecule has 0 radical (unpaired) electrons. The summed E-state index contributed by atoms with van der Waals surface area (Å²) in [4.78, 5) is 0. The molecule has 18 heavy (non-hydrogen) atoms. The van der Waals surface area contributed by atoms with Crippen molar-refractivity contribution >= 4 is 11.6 Å². The molecule has 1 aliphatic rings. The highest BCUT2D eigenvalue weighted by atomic mass is 35.5. The zero-order valence-corrected chi connectivity index (χ0v) is 12.8. The quantitative estimate of drug-likeness (QED) is 0.647. The summed E-state index contributed by atoms with van der Waals surface area (Å²) in [5.74, 6) is 1.61. The molecule has 0 aliphatic heterocycles. The molecule has 100 valence electrons. The molecule has 0 unspecified atom stereocenters. The van der Waals surface area contributed by atoms with E-state index in [1.54, 1.807) is 0 Å². The van der Waals surface area contributed by atoms with Crippen molar-refractivity contribution in [3.63, 3.8) is 0 Å². The van der Waals surface area contributed by atoms with Gasteiger partial charge in [0.05, 0.1) is 0 Å². The molecule has 0 saturated heterocycles. The second-order valence-electron chi connectivity index (χ2n) is 6.75. The summed E-state index contributed by atoms with van der Waals surface area (Å²) in [6.45, 7) is 9.35. The van der Waals surface area contributed by atoms with E-state index in [4.69, 9.17) is 11.6 Å². The second-order valence-corrected chi connectivity index (χ2v) is 7.16. The fraction of sp³-hybridized carbons (Fsp3) is 0.647. The number of hydrogen-bond donors (Lipinski definition) is 0. The van der Waals surface area contributed by atoms with Crippen molar-refractivity contribution in [2.24, 2.45) is 17.3 Å². The molecule has 0 aromatic heterocycles. The maximum Gasteiger partial charge on any atom is 0.0437 e. The first-order valence-corrected chi connectivity index (χ1v) is 7.53. The van der Waals surface area contributed by atoms with Gasteiger partial charge < -0.3 is 0 Å². The minimum atomic E-state index is 0.467. The van der Waals surface area contributed by atoms with E-state index in [1.807, 2.05) is 0 Å². The smallest absolute Gasteiger partial charge is 0.0437 e. The van der Waals surface area contributed by atoms with Crippen LogP contribution in [0.25, 0.3) is 0 Å². The zero-order valence-electron chi connectivity index (χ0n) is 12.1. The summed E-state index contributed by atoms with van der Waals surface area (Å²) in [6, 6.07) is 6.56. The lowest BCUT2D eigenvalue weighted by Crippen LogP contribution is -2.35. The van der Waals surface area contributed by atoms with Crippen molar-refractivity contribution in [1.29, 1.82) is 0 Å². The molecule has 0 amide bonds. The predicted molar refractivity (Wildman–Crippen MR) is 80.2 cm³/mol. The van der Waals surface area contributed by atoms with E-state index in [2.05, 4.69) is 45.9 Å². The Balaban J connectivity index is 2.18. The van der Waals surface area contributed by atoms with Gasteiger partial charge in [-0.25, -0.2) is 0 Å². The van der Waals surface area contributed by atoms with Gasteiger partial charge in [-0.05, 0) is 54.2 Å². The minimum absolute atomic E-state index is 0.467. The van der Waals surface area contributed by atoms with Gasteiger partial charge in [0.25, 0.3) is 0 Å². The molecular weight excluding hydrogens is 240 g/mol. The summed E-state index contributed by atoms with van der Waals surface area (Å²) in [5, 5.41) is 0.911. The fourth-order valence-corrected chi connectivity index (χ4v) is 3.73. The summed E-state index contributed by atoms with van der Waals surface area (Å²) >= 11 is 6.24. The summed E-state index contributed by atoms with van der Waals surface area (Å²) in [7, 11) is 0. The van der Waals surface area contributed by atoms with Gasteiger partial charge in [0.1, 0.15) is 0 Å². The predicted octanol–water partition coefficient (Wildman–Crippen LogP) is 5.65. The molecule has 0 N–H and O–H groups in total. The molecule has 0 heterocycles. The molecule has 2 rings (SSSR count). The Hall–Kier alpha value is -0.490. The number of aryl methyl sites for hydroxylation is 1. The van der Waals surface area contributed by atoms with Crippen LogP contribution in [0.2, 0.25) is 5.02 Å². The summed E-state index contributed by atoms with van der Waals surface area (Å²) in [6.07, 6.45) is 5.31. The van der Waals surface area contributed by atoms with Crippen molar-refractivity contribution in [3.8, 4) is 0 Å². The van der Waals surface area contributed by atoms with Gasteiger partial charge in [-0.1, -0.05) is 57.3 Å². The molecule has 1 fully saturated rings. The molecule has 0 bridgehead atoms. The Labute approximate surface area is 117 Å². The van der Waals surface area contributed by atoms with E-state index in [0.717, 1.165) is 16.9 Å². The Bertz CT molecular complexity index is 420. The van der Waals surface area contributed by atoms with Crippen LogP contribution < -0.4 is 0 Å². The van der Waals surface area contributed by atoms with Gasteiger partial charge >= 0.3 is 0 Å². The third-order valence-corrected chi connectivity index (χ3v) is 5.27. The molecule has 0 spiro atoms. The van der Waals surface area contributed by atoms with Gasteiger partial charge in [0, 0.05) is 5.02 Å². The number of rotatable bonds is 2. The maximum atomic E-state index is 6.24. The monoisotopic (exact) mass is 264 g/mol. The van der Waals surface area contributed by atoms with Crippen LogP contribution in [0.1, 0.15) is 51.2 Å². The van der Waals surface area contributed by atoms with Gasteiger partial charge in [-0.15, -0.1) is 0 Å². The lowest BCUT2D eigenvalue weighted by molar-refractivity contribution is 0.0841. The van der Waals surface area contributed by atoms with Crippen LogP contribution in [0.15, 0.2) is 18.2 Å². The molecule has 1 aromatic carbocycles. The van der Waals surface area contributed by atoms with E-state index in [0.29, 0.717) is 5.41 Å². The minimum Gasteiger partial charge on any atom is -0.0840 e. The Kier molecular flexibility index (Phi) is 4.06. The lowest BCUT2D eigenvalue weighted by atomic mass is 9.62. The van der Waals surface area contributed by atoms with Crippen LogP contribution >= 0.6 is 11.6 Å². The van der Waals surface area contributed by atoms with Crippen molar-refractivity contribution in [1.82, 2.24) is 0 Å². The Morgan fingerprint density at radius 2 is 2.06 bits per heavy atom. The second kappa shape index (κ2) is 5.25. The van der Waals surface area contributed by atoms with Gasteiger partial charge in [-0.2, -0.15) is 0 Å². The van der Waals surface area contributed by atoms with Crippen molar-refractivity contribution in [2.75, 3.05) is 0 Å². The van der Waals surface area contributed by atoms with Crippen molar-refractivity contribution in [2.45, 2.75) is 53.4 Å². The number of benzene rings is 1. The topological polar surface area (TPSA) is 0 Å². The third-order valence-electron chi connectivity index (χ3n) is 4.86. The van der Waals surface area contributed by atoms with Crippen LogP contribution in [0.3, 0.4) is 0 Å². The fourth-order valence-electron chi connectivity index (χ4n) is 3.53. The van der Waals surface area contributed by atoms with E-state index in [9.17, 15) is 0 Å². The molecule has 1 aromatic rings. The van der Waals surface area contributed by atoms with Crippen LogP contribution in [0.4, 0.5) is 0 Å². The summed E-state index contributed by atoms with van der Waals surface area (Å²) < 4.78 is 0. The number of hydrogen-bond acceptors (Lipinski definition) is 0. The first kappa shape index (κ1) is 13.9. The zero-order chi connectivity index (χ0) is 13.3. The van der Waals surface area contributed by atoms with Gasteiger partial charge in [0.2, 0.25) is 0 Å². The average molecular weight is 265 g/mol. The van der Waals surface area contributed by atoms with Gasteiger partial charge in [0.15, 0.2) is 0 Å². The highest BCUT2D eigenvalue weighted by Gasteiger charge is 2.36. The molecule has 2 atom stereocenters. The van der Waals surface area contributed by atoms with Crippen LogP contribution in [0.5, 0.6) is 0 Å². The van der Waals surface area contributed by atoms with Crippen LogP contribution in [-0.2, 0) is 6.42 Å². The molecular formula is C17H25Cl. The standard InChI is InChI=1S/C17H25Cl/c1-12-6-5-9-17(3,4)15(12)10-14-8-7-13(2)16(18)11-14/h7-8,11-12,15H,5-6,9-10H2,1-4H3/t12-,15+/m0/s1. The first-order chi connectivity index (χ1) is 8.40. The first-order valence-electron chi connectivity index (χ1n) is 7.15. The van der Waals surface area contributed by atoms with Crippen LogP contribution in [0, 0.1) is 24.2 Å². The van der Waals surface area contributed by atoms with E-state index >= 15 is 0 Å². The Morgan fingerprint density at radius 3 is 2.67 bits per heavy atom. The van der Waals surface area contributed by atoms with E-state index < -0.39 is 0 Å². The van der Waals surface area contributed by atoms with Gasteiger partial charge in [-0.3, -0.25) is 0 Å². The van der Waals surface area contributed by atoms with Crippen LogP contribution in [-0.4, -0.2) is 0 Å². The van der Waals surface area contributed by atoms with Crippen molar-refractivity contribution in [3.05, 3.63) is 34.3 Å². The number of halogens is 1. The maximum absolute atomic E-state index is 6.24. The molecule has 1 aliphatic carbocycles. The third kappa shape index (κ3) is 2.91. The Morgan fingerprint density at radius 1 is 1.33 bits per heavy atom. The highest BCUT2D eigenvalue weighted by molar-refractivity contribution is 6.31. The highest BCUT2D eigenvalue weighted by Crippen LogP contribution is 2.45. The van der Waals surface area contributed by atoms with E-state index in [1.165, 1.54) is 36.8 Å². The normalized spacial score (nSPS) is 27.2. The lowest BCUT2D eigenvalue weighted by Gasteiger charge is -2.43. The molecule has 0 nitrogen and oxygen atoms in total. The molecule has 1 saturated carbocycles. The van der Waals surface area contributed by atoms with E-state index in [-0.39, 0.29) is 0 Å². The largest absolute Gasteiger partial charge is 0.0840 e. The summed E-state index contributed by atoms with van der Waals surface area (Å²) in [5.41, 5.74) is 3.04. The SMILES string of the molecule is Cc1ccc(C[C@@H]2[C@@H](C)CCCC2(C)C)cc1Cl. The average Bonchev–Trinajstić information content (AvgIpc) is 2.28.